The minimum atomic E-state index is -3.79. The first-order valence-electron chi connectivity index (χ1n) is 7.27. The summed E-state index contributed by atoms with van der Waals surface area (Å²) in [4.78, 5) is 4.32. The normalized spacial score (nSPS) is 11.6. The van der Waals surface area contributed by atoms with Crippen LogP contribution < -0.4 is 4.72 Å². The first kappa shape index (κ1) is 16.0. The van der Waals surface area contributed by atoms with Gasteiger partial charge in [-0.2, -0.15) is 10.4 Å². The van der Waals surface area contributed by atoms with Gasteiger partial charge >= 0.3 is 0 Å². The summed E-state index contributed by atoms with van der Waals surface area (Å²) < 4.78 is 29.1. The summed E-state index contributed by atoms with van der Waals surface area (Å²) in [5, 5.41) is 13.9. The van der Waals surface area contributed by atoms with E-state index in [0.29, 0.717) is 11.3 Å². The number of nitriles is 1. The van der Waals surface area contributed by atoms with Gasteiger partial charge in [0.25, 0.3) is 10.0 Å². The third kappa shape index (κ3) is 2.94. The van der Waals surface area contributed by atoms with Crippen molar-refractivity contribution in [1.82, 2.24) is 14.8 Å². The lowest BCUT2D eigenvalue weighted by Gasteiger charge is -2.09. The number of aromatic nitrogens is 3. The molecule has 3 rings (SSSR count). The van der Waals surface area contributed by atoms with Crippen LogP contribution in [-0.2, 0) is 10.0 Å². The van der Waals surface area contributed by atoms with Crippen LogP contribution in [0.1, 0.15) is 25.5 Å². The van der Waals surface area contributed by atoms with Gasteiger partial charge in [-0.1, -0.05) is 6.07 Å². The minimum absolute atomic E-state index is 0.0273. The van der Waals surface area contributed by atoms with Crippen molar-refractivity contribution >= 4 is 26.7 Å². The molecular formula is C16H15N5O2S. The number of rotatable bonds is 4. The van der Waals surface area contributed by atoms with E-state index in [0.717, 1.165) is 5.39 Å². The molecule has 122 valence electrons. The van der Waals surface area contributed by atoms with Crippen molar-refractivity contribution < 1.29 is 8.42 Å². The number of benzene rings is 1. The van der Waals surface area contributed by atoms with Crippen molar-refractivity contribution in [1.29, 1.82) is 5.26 Å². The van der Waals surface area contributed by atoms with Gasteiger partial charge in [0.1, 0.15) is 0 Å². The highest BCUT2D eigenvalue weighted by Crippen LogP contribution is 2.21. The lowest BCUT2D eigenvalue weighted by atomic mass is 10.2. The van der Waals surface area contributed by atoms with Gasteiger partial charge in [-0.15, -0.1) is 0 Å². The second kappa shape index (κ2) is 5.94. The van der Waals surface area contributed by atoms with E-state index in [9.17, 15) is 8.42 Å². The molecule has 8 heteroatoms. The van der Waals surface area contributed by atoms with Crippen LogP contribution in [0.2, 0.25) is 0 Å². The van der Waals surface area contributed by atoms with Crippen molar-refractivity contribution in [2.75, 3.05) is 4.72 Å². The zero-order valence-corrected chi connectivity index (χ0v) is 13.9. The van der Waals surface area contributed by atoms with Gasteiger partial charge in [-0.25, -0.2) is 18.1 Å². The van der Waals surface area contributed by atoms with E-state index in [4.69, 9.17) is 5.26 Å². The topological polar surface area (TPSA) is 101 Å². The molecule has 0 fully saturated rings. The SMILES string of the molecule is CC(C)n1ncc2cc(NS(=O)(=O)c3cccc(C#N)c3)cnc21. The maximum Gasteiger partial charge on any atom is 0.261 e. The second-order valence-corrected chi connectivity index (χ2v) is 7.25. The molecule has 24 heavy (non-hydrogen) atoms. The fraction of sp³-hybridized carbons (Fsp3) is 0.188. The highest BCUT2D eigenvalue weighted by molar-refractivity contribution is 7.92. The summed E-state index contributed by atoms with van der Waals surface area (Å²) in [5.41, 5.74) is 1.32. The zero-order valence-electron chi connectivity index (χ0n) is 13.1. The molecule has 0 unspecified atom stereocenters. The summed E-state index contributed by atoms with van der Waals surface area (Å²) in [6.45, 7) is 3.99. The number of fused-ring (bicyclic) bond motifs is 1. The minimum Gasteiger partial charge on any atom is -0.278 e. The number of nitrogens with zero attached hydrogens (tertiary/aromatic N) is 4. The Kier molecular flexibility index (Phi) is 3.95. The molecule has 0 radical (unpaired) electrons. The molecule has 0 aliphatic carbocycles. The van der Waals surface area contributed by atoms with Crippen LogP contribution >= 0.6 is 0 Å². The molecule has 1 N–H and O–H groups in total. The Labute approximate surface area is 139 Å². The Balaban J connectivity index is 1.95. The number of sulfonamides is 1. The summed E-state index contributed by atoms with van der Waals surface area (Å²) in [7, 11) is -3.79. The number of hydrogen-bond acceptors (Lipinski definition) is 5. The molecule has 0 spiro atoms. The van der Waals surface area contributed by atoms with E-state index < -0.39 is 10.0 Å². The third-order valence-electron chi connectivity index (χ3n) is 3.45. The quantitative estimate of drug-likeness (QED) is 0.786. The van der Waals surface area contributed by atoms with Gasteiger partial charge < -0.3 is 0 Å². The summed E-state index contributed by atoms with van der Waals surface area (Å²) in [6.07, 6.45) is 3.10. The number of nitrogens with one attached hydrogen (secondary N) is 1. The Morgan fingerprint density at radius 1 is 1.25 bits per heavy atom. The Bertz CT molecular complexity index is 1050. The second-order valence-electron chi connectivity index (χ2n) is 5.56. The van der Waals surface area contributed by atoms with Crippen molar-refractivity contribution in [2.45, 2.75) is 24.8 Å². The van der Waals surface area contributed by atoms with Crippen LogP contribution in [0.5, 0.6) is 0 Å². The fourth-order valence-electron chi connectivity index (χ4n) is 2.32. The molecule has 0 bridgehead atoms. The van der Waals surface area contributed by atoms with Crippen LogP contribution in [0.3, 0.4) is 0 Å². The van der Waals surface area contributed by atoms with Gasteiger partial charge in [0, 0.05) is 11.4 Å². The summed E-state index contributed by atoms with van der Waals surface area (Å²) >= 11 is 0. The zero-order chi connectivity index (χ0) is 17.3. The molecule has 0 aliphatic heterocycles. The molecule has 1 aromatic carbocycles. The molecular weight excluding hydrogens is 326 g/mol. The van der Waals surface area contributed by atoms with Crippen LogP contribution in [0, 0.1) is 11.3 Å². The predicted octanol–water partition coefficient (Wildman–Crippen LogP) is 2.68. The lowest BCUT2D eigenvalue weighted by molar-refractivity contribution is 0.546. The summed E-state index contributed by atoms with van der Waals surface area (Å²) in [6, 6.07) is 9.60. The van der Waals surface area contributed by atoms with Gasteiger partial charge in [0.2, 0.25) is 0 Å². The maximum atomic E-state index is 12.5. The maximum absolute atomic E-state index is 12.5. The Morgan fingerprint density at radius 3 is 2.75 bits per heavy atom. The van der Waals surface area contributed by atoms with E-state index in [1.165, 1.54) is 24.4 Å². The monoisotopic (exact) mass is 341 g/mol. The molecule has 0 amide bonds. The van der Waals surface area contributed by atoms with E-state index in [1.807, 2.05) is 19.9 Å². The highest BCUT2D eigenvalue weighted by atomic mass is 32.2. The van der Waals surface area contributed by atoms with Gasteiger partial charge in [-0.05, 0) is 38.1 Å². The average molecular weight is 341 g/mol. The highest BCUT2D eigenvalue weighted by Gasteiger charge is 2.16. The molecule has 0 aliphatic rings. The fourth-order valence-corrected chi connectivity index (χ4v) is 3.40. The first-order valence-corrected chi connectivity index (χ1v) is 8.75. The van der Waals surface area contributed by atoms with Gasteiger partial charge in [0.15, 0.2) is 5.65 Å². The molecule has 7 nitrogen and oxygen atoms in total. The Hall–Kier alpha value is -2.92. The van der Waals surface area contributed by atoms with E-state index >= 15 is 0 Å². The van der Waals surface area contributed by atoms with E-state index in [2.05, 4.69) is 14.8 Å². The van der Waals surface area contributed by atoms with Gasteiger partial charge in [-0.3, -0.25) is 4.72 Å². The predicted molar refractivity (Wildman–Crippen MR) is 89.9 cm³/mol. The molecule has 3 aromatic rings. The Morgan fingerprint density at radius 2 is 2.04 bits per heavy atom. The van der Waals surface area contributed by atoms with Gasteiger partial charge in [0.05, 0.1) is 34.6 Å². The molecule has 0 saturated carbocycles. The molecule has 2 aromatic heterocycles. The van der Waals surface area contributed by atoms with E-state index in [1.54, 1.807) is 23.0 Å². The number of anilines is 1. The van der Waals surface area contributed by atoms with Crippen molar-refractivity contribution in [3.05, 3.63) is 48.3 Å². The molecule has 0 atom stereocenters. The lowest BCUT2D eigenvalue weighted by Crippen LogP contribution is -2.13. The first-order chi connectivity index (χ1) is 11.4. The number of hydrogen-bond donors (Lipinski definition) is 1. The van der Waals surface area contributed by atoms with Crippen molar-refractivity contribution in [2.24, 2.45) is 0 Å². The van der Waals surface area contributed by atoms with Crippen LogP contribution in [0.25, 0.3) is 11.0 Å². The smallest absolute Gasteiger partial charge is 0.261 e. The standard InChI is InChI=1S/C16H15N5O2S/c1-11(2)21-16-13(9-19-21)7-14(10-18-16)20-24(22,23)15-5-3-4-12(6-15)8-17/h3-7,9-11,20H,1-2H3. The third-order valence-corrected chi connectivity index (χ3v) is 4.83. The summed E-state index contributed by atoms with van der Waals surface area (Å²) in [5.74, 6) is 0. The van der Waals surface area contributed by atoms with Crippen LogP contribution in [-0.4, -0.2) is 23.2 Å². The van der Waals surface area contributed by atoms with Crippen molar-refractivity contribution in [3.63, 3.8) is 0 Å². The van der Waals surface area contributed by atoms with Crippen molar-refractivity contribution in [3.8, 4) is 6.07 Å². The molecule has 2 heterocycles. The average Bonchev–Trinajstić information content (AvgIpc) is 2.98. The van der Waals surface area contributed by atoms with Crippen LogP contribution in [0.15, 0.2) is 47.6 Å². The van der Waals surface area contributed by atoms with Crippen LogP contribution in [0.4, 0.5) is 5.69 Å². The number of pyridine rings is 1. The van der Waals surface area contributed by atoms with E-state index in [-0.39, 0.29) is 16.5 Å². The molecule has 0 saturated heterocycles. The largest absolute Gasteiger partial charge is 0.278 e.